The monoisotopic (exact) mass is 785 g/mol. The molecule has 16 nitrogen and oxygen atoms in total. The van der Waals surface area contributed by atoms with Crippen molar-refractivity contribution < 1.29 is 19.1 Å². The molecule has 3 amide bonds. The standard InChI is InChI=1S/C42H47N11O5/c1-48-38-33(4-2-5-34(38)53(42(48)57)35-8-9-37(54)46-41(35)56)50-18-10-26(11-19-50)23-49-16-12-29(13-17-49)52-24-28-20-32(36(21-31(28)47-52)58-25-27-6-7-27)45-40(55)30-22-44-51-15-3-14-43-39(30)51/h2-5,14-15,20-22,24,26-27,29,35H,6-13,16-19,23,25H2,1H3,(H,45,55)(H,46,54,56). The number of amides is 3. The van der Waals surface area contributed by atoms with Crippen molar-refractivity contribution >= 4 is 56.7 Å². The van der Waals surface area contributed by atoms with Gasteiger partial charge in [-0.1, -0.05) is 6.07 Å². The number of likely N-dealkylation sites (tertiary alicyclic amines) is 1. The lowest BCUT2D eigenvalue weighted by atomic mass is 9.94. The Morgan fingerprint density at radius 1 is 0.966 bits per heavy atom. The number of hydrogen-bond acceptors (Lipinski definition) is 10. The number of aryl methyl sites for hydroxylation is 1. The van der Waals surface area contributed by atoms with Gasteiger partial charge in [0, 0.05) is 76.2 Å². The molecule has 58 heavy (non-hydrogen) atoms. The van der Waals surface area contributed by atoms with Crippen LogP contribution in [-0.2, 0) is 16.6 Å². The van der Waals surface area contributed by atoms with Crippen LogP contribution in [0.15, 0.2) is 66.0 Å². The van der Waals surface area contributed by atoms with Gasteiger partial charge in [-0.3, -0.25) is 33.5 Å². The van der Waals surface area contributed by atoms with Gasteiger partial charge in [-0.05, 0) is 81.0 Å². The first-order chi connectivity index (χ1) is 28.3. The van der Waals surface area contributed by atoms with Gasteiger partial charge in [-0.25, -0.2) is 14.3 Å². The van der Waals surface area contributed by atoms with E-state index < -0.39 is 11.9 Å². The maximum atomic E-state index is 13.5. The number of rotatable bonds is 10. The number of ether oxygens (including phenoxy) is 1. The smallest absolute Gasteiger partial charge is 0.329 e. The van der Waals surface area contributed by atoms with Crippen LogP contribution < -0.4 is 26.0 Å². The van der Waals surface area contributed by atoms with E-state index in [1.165, 1.54) is 6.20 Å². The number of nitrogens with zero attached hydrogens (tertiary/aromatic N) is 9. The second-order valence-corrected chi connectivity index (χ2v) is 16.5. The van der Waals surface area contributed by atoms with Crippen LogP contribution in [0.5, 0.6) is 5.75 Å². The van der Waals surface area contributed by atoms with E-state index in [9.17, 15) is 19.2 Å². The minimum absolute atomic E-state index is 0.218. The fourth-order valence-electron chi connectivity index (χ4n) is 9.14. The summed E-state index contributed by atoms with van der Waals surface area (Å²) >= 11 is 0. The van der Waals surface area contributed by atoms with Crippen LogP contribution in [0, 0.1) is 11.8 Å². The van der Waals surface area contributed by atoms with Crippen molar-refractivity contribution in [3.05, 3.63) is 77.2 Å². The van der Waals surface area contributed by atoms with Crippen LogP contribution in [0.1, 0.15) is 73.8 Å². The fourth-order valence-corrected chi connectivity index (χ4v) is 9.14. The number of anilines is 2. The van der Waals surface area contributed by atoms with Crippen molar-refractivity contribution in [3.8, 4) is 5.75 Å². The number of imidazole rings is 1. The highest BCUT2D eigenvalue weighted by Crippen LogP contribution is 2.36. The third kappa shape index (κ3) is 6.78. The van der Waals surface area contributed by atoms with Gasteiger partial charge >= 0.3 is 5.69 Å². The number of fused-ring (bicyclic) bond motifs is 3. The van der Waals surface area contributed by atoms with Gasteiger partial charge in [0.2, 0.25) is 11.8 Å². The number of aromatic nitrogens is 7. The minimum atomic E-state index is -0.698. The Balaban J connectivity index is 0.777. The third-order valence-corrected chi connectivity index (χ3v) is 12.6. The molecule has 1 saturated carbocycles. The van der Waals surface area contributed by atoms with Crippen molar-refractivity contribution in [2.24, 2.45) is 18.9 Å². The van der Waals surface area contributed by atoms with Crippen molar-refractivity contribution in [2.45, 2.75) is 63.5 Å². The summed E-state index contributed by atoms with van der Waals surface area (Å²) in [5.74, 6) is 0.747. The number of nitrogens with one attached hydrogen (secondary N) is 2. The summed E-state index contributed by atoms with van der Waals surface area (Å²) in [4.78, 5) is 60.8. The average Bonchev–Trinajstić information content (AvgIpc) is 3.72. The van der Waals surface area contributed by atoms with Gasteiger partial charge in [0.25, 0.3) is 5.91 Å². The summed E-state index contributed by atoms with van der Waals surface area (Å²) in [7, 11) is 1.77. The van der Waals surface area contributed by atoms with Crippen molar-refractivity contribution in [3.63, 3.8) is 0 Å². The predicted octanol–water partition coefficient (Wildman–Crippen LogP) is 4.30. The molecule has 300 valence electrons. The number of imide groups is 1. The zero-order valence-electron chi connectivity index (χ0n) is 32.5. The number of benzene rings is 2. The fraction of sp³-hybridized carbons (Fsp3) is 0.452. The average molecular weight is 786 g/mol. The molecule has 1 aliphatic carbocycles. The number of hydrogen-bond donors (Lipinski definition) is 2. The number of carbonyl (C=O) groups is 3. The maximum absolute atomic E-state index is 13.5. The van der Waals surface area contributed by atoms with E-state index in [1.807, 2.05) is 24.3 Å². The molecule has 7 heterocycles. The van der Waals surface area contributed by atoms with Crippen molar-refractivity contribution in [2.75, 3.05) is 49.5 Å². The normalized spacial score (nSPS) is 20.0. The van der Waals surface area contributed by atoms with Crippen LogP contribution in [0.3, 0.4) is 0 Å². The molecule has 1 atom stereocenters. The number of carbonyl (C=O) groups excluding carboxylic acids is 3. The van der Waals surface area contributed by atoms with E-state index >= 15 is 0 Å². The lowest BCUT2D eigenvalue weighted by Crippen LogP contribution is -2.44. The molecule has 4 fully saturated rings. The zero-order valence-corrected chi connectivity index (χ0v) is 32.5. The highest BCUT2D eigenvalue weighted by atomic mass is 16.5. The molecule has 4 aromatic heterocycles. The van der Waals surface area contributed by atoms with Crippen LogP contribution in [-0.4, -0.2) is 95.5 Å². The van der Waals surface area contributed by atoms with Crippen molar-refractivity contribution in [1.29, 1.82) is 0 Å². The summed E-state index contributed by atoms with van der Waals surface area (Å²) in [5, 5.41) is 15.7. The van der Waals surface area contributed by atoms with E-state index in [0.717, 1.165) is 98.9 Å². The van der Waals surface area contributed by atoms with Gasteiger partial charge in [0.15, 0.2) is 5.65 Å². The quantitative estimate of drug-likeness (QED) is 0.191. The highest BCUT2D eigenvalue weighted by Gasteiger charge is 2.33. The van der Waals surface area contributed by atoms with Crippen LogP contribution in [0.25, 0.3) is 27.6 Å². The molecule has 6 aromatic rings. The molecule has 3 saturated heterocycles. The molecule has 3 aliphatic heterocycles. The number of piperidine rings is 3. The summed E-state index contributed by atoms with van der Waals surface area (Å²) in [6.45, 7) is 5.46. The second-order valence-electron chi connectivity index (χ2n) is 16.5. The van der Waals surface area contributed by atoms with Gasteiger partial charge < -0.3 is 19.9 Å². The predicted molar refractivity (Wildman–Crippen MR) is 217 cm³/mol. The molecule has 0 bridgehead atoms. The summed E-state index contributed by atoms with van der Waals surface area (Å²) < 4.78 is 13.2. The first-order valence-corrected chi connectivity index (χ1v) is 20.5. The Labute approximate surface area is 333 Å². The molecule has 4 aliphatic rings. The van der Waals surface area contributed by atoms with Crippen LogP contribution in [0.4, 0.5) is 11.4 Å². The lowest BCUT2D eigenvalue weighted by molar-refractivity contribution is -0.135. The van der Waals surface area contributed by atoms with Crippen LogP contribution in [0.2, 0.25) is 0 Å². The topological polar surface area (TPSA) is 166 Å². The van der Waals surface area contributed by atoms with Crippen molar-refractivity contribution in [1.82, 2.24) is 43.7 Å². The zero-order chi connectivity index (χ0) is 39.5. The Kier molecular flexibility index (Phi) is 9.22. The van der Waals surface area contributed by atoms with Gasteiger partial charge in [-0.2, -0.15) is 10.2 Å². The summed E-state index contributed by atoms with van der Waals surface area (Å²) in [6, 6.07) is 11.2. The molecular weight excluding hydrogens is 739 g/mol. The number of para-hydroxylation sites is 1. The molecule has 1 unspecified atom stereocenters. The Morgan fingerprint density at radius 3 is 2.59 bits per heavy atom. The summed E-state index contributed by atoms with van der Waals surface area (Å²) in [5.41, 5.74) is 4.66. The van der Waals surface area contributed by atoms with E-state index in [4.69, 9.17) is 9.84 Å². The first kappa shape index (κ1) is 36.3. The highest BCUT2D eigenvalue weighted by molar-refractivity contribution is 6.09. The molecule has 2 aromatic carbocycles. The molecule has 0 radical (unpaired) electrons. The van der Waals surface area contributed by atoms with Gasteiger partial charge in [0.05, 0.1) is 46.8 Å². The molecule has 0 spiro atoms. The van der Waals surface area contributed by atoms with E-state index in [2.05, 4.69) is 47.5 Å². The first-order valence-electron chi connectivity index (χ1n) is 20.5. The Morgan fingerprint density at radius 2 is 1.79 bits per heavy atom. The van der Waals surface area contributed by atoms with Gasteiger partial charge in [-0.15, -0.1) is 0 Å². The maximum Gasteiger partial charge on any atom is 0.329 e. The van der Waals surface area contributed by atoms with E-state index in [1.54, 1.807) is 39.2 Å². The second kappa shape index (κ2) is 14.7. The lowest BCUT2D eigenvalue weighted by Gasteiger charge is -2.38. The minimum Gasteiger partial charge on any atom is -0.491 e. The SMILES string of the molecule is Cn1c(=O)n(C2CCC(=O)NC2=O)c2cccc(N3CCC(CN4CCC(n5cc6cc(NC(=O)c7cnn8cccnc78)c(OCC7CC7)cc6n5)CC4)CC3)c21. The van der Waals surface area contributed by atoms with E-state index in [-0.39, 0.29) is 30.0 Å². The van der Waals surface area contributed by atoms with Gasteiger partial charge in [0.1, 0.15) is 17.4 Å². The largest absolute Gasteiger partial charge is 0.491 e. The third-order valence-electron chi connectivity index (χ3n) is 12.6. The molecule has 2 N–H and O–H groups in total. The summed E-state index contributed by atoms with van der Waals surface area (Å²) in [6.07, 6.45) is 14.0. The van der Waals surface area contributed by atoms with E-state index in [0.29, 0.717) is 47.5 Å². The molecule has 10 rings (SSSR count). The molecular formula is C42H47N11O5. The molecule has 16 heteroatoms. The Bertz CT molecular complexity index is 2620. The van der Waals surface area contributed by atoms with Crippen LogP contribution >= 0.6 is 0 Å². The Hall–Kier alpha value is -6.03.